The molecule has 19 heavy (non-hydrogen) atoms. The van der Waals surface area contributed by atoms with Crippen LogP contribution in [0.3, 0.4) is 0 Å². The van der Waals surface area contributed by atoms with E-state index in [1.54, 1.807) is 6.92 Å². The molecule has 6 N–H and O–H groups in total. The lowest BCUT2D eigenvalue weighted by Crippen LogP contribution is -2.48. The first kappa shape index (κ1) is 15.7. The lowest BCUT2D eigenvalue weighted by atomic mass is 10.0. The molecule has 0 aromatic carbocycles. The molecule has 1 rings (SSSR count). The average molecular weight is 277 g/mol. The number of cyclic esters (lactones) is 1. The van der Waals surface area contributed by atoms with Crippen LogP contribution in [0.15, 0.2) is 11.5 Å². The van der Waals surface area contributed by atoms with Gasteiger partial charge in [-0.2, -0.15) is 0 Å². The third-order valence-electron chi connectivity index (χ3n) is 2.99. The lowest BCUT2D eigenvalue weighted by molar-refractivity contribution is -0.148. The van der Waals surface area contributed by atoms with Crippen molar-refractivity contribution >= 4 is 5.97 Å². The van der Waals surface area contributed by atoms with Gasteiger partial charge in [0, 0.05) is 0 Å². The van der Waals surface area contributed by atoms with Gasteiger partial charge >= 0.3 is 5.97 Å². The van der Waals surface area contributed by atoms with Crippen LogP contribution in [0.5, 0.6) is 0 Å². The quantitative estimate of drug-likeness (QED) is 0.341. The van der Waals surface area contributed by atoms with Crippen LogP contribution in [-0.4, -0.2) is 64.0 Å². The third-order valence-corrected chi connectivity index (χ3v) is 2.99. The molecule has 110 valence electrons. The first-order valence-corrected chi connectivity index (χ1v) is 5.84. The highest BCUT2D eigenvalue weighted by atomic mass is 16.6. The smallest absolute Gasteiger partial charge is 0.378 e. The summed E-state index contributed by atoms with van der Waals surface area (Å²) < 4.78 is 9.87. The summed E-state index contributed by atoms with van der Waals surface area (Å²) in [6.45, 7) is 0.550. The Hall–Kier alpha value is -1.35. The Kier molecular flexibility index (Phi) is 5.12. The highest BCUT2D eigenvalue weighted by Crippen LogP contribution is 2.25. The highest BCUT2D eigenvalue weighted by molar-refractivity contribution is 5.89. The number of ether oxygens (including phenoxy) is 2. The van der Waals surface area contributed by atoms with E-state index in [1.807, 2.05) is 0 Å². The van der Waals surface area contributed by atoms with Crippen LogP contribution < -0.4 is 5.73 Å². The van der Waals surface area contributed by atoms with Gasteiger partial charge in [-0.1, -0.05) is 6.92 Å². The van der Waals surface area contributed by atoms with Crippen LogP contribution in [-0.2, 0) is 14.3 Å². The predicted molar refractivity (Wildman–Crippen MR) is 62.9 cm³/mol. The van der Waals surface area contributed by atoms with Crippen molar-refractivity contribution in [2.24, 2.45) is 5.73 Å². The summed E-state index contributed by atoms with van der Waals surface area (Å²) in [5, 5.41) is 36.9. The molecular weight excluding hydrogens is 258 g/mol. The summed E-state index contributed by atoms with van der Waals surface area (Å²) in [6.07, 6.45) is -2.29. The number of rotatable bonds is 7. The molecule has 0 radical (unpaired) electrons. The van der Waals surface area contributed by atoms with Gasteiger partial charge in [0.25, 0.3) is 0 Å². The summed E-state index contributed by atoms with van der Waals surface area (Å²) in [6, 6.07) is 0. The second kappa shape index (κ2) is 6.20. The average Bonchev–Trinajstić information content (AvgIpc) is 2.71. The van der Waals surface area contributed by atoms with Gasteiger partial charge in [-0.05, 0) is 6.42 Å². The monoisotopic (exact) mass is 277 g/mol. The zero-order valence-corrected chi connectivity index (χ0v) is 10.6. The molecular formula is C11H19NO7. The molecule has 1 unspecified atom stereocenters. The van der Waals surface area contributed by atoms with Crippen molar-refractivity contribution in [2.75, 3.05) is 19.8 Å². The van der Waals surface area contributed by atoms with E-state index in [0.29, 0.717) is 6.42 Å². The fourth-order valence-corrected chi connectivity index (χ4v) is 1.44. The molecule has 0 aliphatic carbocycles. The van der Waals surface area contributed by atoms with Crippen molar-refractivity contribution in [1.82, 2.24) is 0 Å². The highest BCUT2D eigenvalue weighted by Gasteiger charge is 2.41. The first-order valence-electron chi connectivity index (χ1n) is 5.84. The van der Waals surface area contributed by atoms with Gasteiger partial charge in [0.2, 0.25) is 5.76 Å². The van der Waals surface area contributed by atoms with Gasteiger partial charge in [0.1, 0.15) is 12.7 Å². The predicted octanol–water partition coefficient (Wildman–Crippen LogP) is -1.85. The number of esters is 1. The van der Waals surface area contributed by atoms with Crippen LogP contribution in [0, 0.1) is 0 Å². The van der Waals surface area contributed by atoms with Crippen molar-refractivity contribution in [1.29, 1.82) is 0 Å². The van der Waals surface area contributed by atoms with Gasteiger partial charge in [-0.3, -0.25) is 0 Å². The van der Waals surface area contributed by atoms with Gasteiger partial charge in [-0.25, -0.2) is 4.79 Å². The third kappa shape index (κ3) is 3.35. The summed E-state index contributed by atoms with van der Waals surface area (Å²) in [5.74, 6) is -2.10. The van der Waals surface area contributed by atoms with Crippen molar-refractivity contribution in [3.8, 4) is 0 Å². The van der Waals surface area contributed by atoms with Gasteiger partial charge in [0.15, 0.2) is 11.9 Å². The maximum Gasteiger partial charge on any atom is 0.378 e. The Balaban J connectivity index is 2.80. The van der Waals surface area contributed by atoms with E-state index < -0.39 is 36.1 Å². The number of nitrogens with two attached hydrogens (primary N) is 1. The van der Waals surface area contributed by atoms with Crippen LogP contribution in [0.4, 0.5) is 0 Å². The van der Waals surface area contributed by atoms with E-state index in [9.17, 15) is 15.0 Å². The standard InChI is InChI=1S/C11H19NO7/c1-2-11(12,4-14)5-18-9-7(16)10(17)19-8(9)6(15)3-13/h6,8,13-16H,2-5,12H2,1H3/t6-,8+,11?/m0/s1. The van der Waals surface area contributed by atoms with Crippen LogP contribution in [0.25, 0.3) is 0 Å². The molecule has 0 fully saturated rings. The van der Waals surface area contributed by atoms with Crippen molar-refractivity contribution in [3.05, 3.63) is 11.5 Å². The fraction of sp³-hybridized carbons (Fsp3) is 0.727. The number of carbonyl (C=O) groups is 1. The van der Waals surface area contributed by atoms with E-state index in [4.69, 9.17) is 20.7 Å². The zero-order valence-electron chi connectivity index (χ0n) is 10.6. The Morgan fingerprint density at radius 3 is 2.63 bits per heavy atom. The molecule has 1 heterocycles. The van der Waals surface area contributed by atoms with Crippen molar-refractivity contribution in [2.45, 2.75) is 31.1 Å². The number of aliphatic hydroxyl groups excluding tert-OH is 4. The molecule has 3 atom stereocenters. The molecule has 0 saturated carbocycles. The number of hydrogen-bond donors (Lipinski definition) is 5. The second-order valence-electron chi connectivity index (χ2n) is 4.45. The maximum absolute atomic E-state index is 11.2. The molecule has 0 saturated heterocycles. The SMILES string of the molecule is CCC(N)(CO)COC1=C(O)C(=O)O[C@@H]1[C@@H](O)CO. The van der Waals surface area contributed by atoms with E-state index in [1.165, 1.54) is 0 Å². The Morgan fingerprint density at radius 1 is 1.53 bits per heavy atom. The van der Waals surface area contributed by atoms with Gasteiger partial charge in [-0.15, -0.1) is 0 Å². The molecule has 8 nitrogen and oxygen atoms in total. The van der Waals surface area contributed by atoms with Gasteiger partial charge in [0.05, 0.1) is 18.8 Å². The lowest BCUT2D eigenvalue weighted by Gasteiger charge is -2.27. The van der Waals surface area contributed by atoms with Crippen LogP contribution in [0.2, 0.25) is 0 Å². The molecule has 0 aromatic rings. The number of aliphatic hydroxyl groups is 4. The molecule has 0 aromatic heterocycles. The molecule has 0 spiro atoms. The van der Waals surface area contributed by atoms with E-state index in [-0.39, 0.29) is 19.0 Å². The number of carbonyl (C=O) groups excluding carboxylic acids is 1. The fourth-order valence-electron chi connectivity index (χ4n) is 1.44. The first-order chi connectivity index (χ1) is 8.88. The molecule has 1 aliphatic heterocycles. The van der Waals surface area contributed by atoms with E-state index in [0.717, 1.165) is 0 Å². The minimum absolute atomic E-state index is 0.176. The summed E-state index contributed by atoms with van der Waals surface area (Å²) in [7, 11) is 0. The number of hydrogen-bond acceptors (Lipinski definition) is 8. The zero-order chi connectivity index (χ0) is 14.6. The van der Waals surface area contributed by atoms with E-state index >= 15 is 0 Å². The largest absolute Gasteiger partial charge is 0.499 e. The molecule has 8 heteroatoms. The van der Waals surface area contributed by atoms with E-state index in [2.05, 4.69) is 4.74 Å². The molecule has 0 amide bonds. The van der Waals surface area contributed by atoms with Crippen molar-refractivity contribution in [3.63, 3.8) is 0 Å². The maximum atomic E-state index is 11.2. The molecule has 1 aliphatic rings. The summed E-state index contributed by atoms with van der Waals surface area (Å²) in [4.78, 5) is 11.2. The van der Waals surface area contributed by atoms with Crippen LogP contribution >= 0.6 is 0 Å². The Morgan fingerprint density at radius 2 is 2.16 bits per heavy atom. The Bertz CT molecular complexity index is 364. The van der Waals surface area contributed by atoms with Gasteiger partial charge < -0.3 is 35.6 Å². The molecule has 0 bridgehead atoms. The normalized spacial score (nSPS) is 24.1. The second-order valence-corrected chi connectivity index (χ2v) is 4.45. The Labute approximate surface area is 110 Å². The minimum Gasteiger partial charge on any atom is -0.499 e. The van der Waals surface area contributed by atoms with Crippen molar-refractivity contribution < 1.29 is 34.7 Å². The summed E-state index contributed by atoms with van der Waals surface area (Å²) >= 11 is 0. The minimum atomic E-state index is -1.41. The van der Waals surface area contributed by atoms with Crippen LogP contribution in [0.1, 0.15) is 13.3 Å². The topological polar surface area (TPSA) is 142 Å². The summed E-state index contributed by atoms with van der Waals surface area (Å²) in [5.41, 5.74) is 4.76.